The van der Waals surface area contributed by atoms with Gasteiger partial charge in [-0.15, -0.1) is 0 Å². The van der Waals surface area contributed by atoms with E-state index in [1.807, 2.05) is 12.1 Å². The van der Waals surface area contributed by atoms with Crippen LogP contribution in [0.25, 0.3) is 11.0 Å². The van der Waals surface area contributed by atoms with Gasteiger partial charge in [-0.05, 0) is 12.1 Å². The average Bonchev–Trinajstić information content (AvgIpc) is 2.69. The maximum Gasteiger partial charge on any atom is 0.273 e. The lowest BCUT2D eigenvalue weighted by atomic mass is 9.91. The van der Waals surface area contributed by atoms with Crippen molar-refractivity contribution in [3.05, 3.63) is 23.5 Å². The first-order chi connectivity index (χ1) is 7.93. The number of aromatic amines is 1. The van der Waals surface area contributed by atoms with E-state index in [4.69, 9.17) is 0 Å². The van der Waals surface area contributed by atoms with Gasteiger partial charge in [0.15, 0.2) is 5.69 Å². The Bertz CT molecular complexity index is 565. The van der Waals surface area contributed by atoms with Crippen molar-refractivity contribution >= 4 is 16.9 Å². The van der Waals surface area contributed by atoms with Crippen molar-refractivity contribution in [2.24, 2.45) is 0 Å². The highest BCUT2D eigenvalue weighted by Crippen LogP contribution is 2.23. The molecule has 1 amide bonds. The van der Waals surface area contributed by atoms with Crippen molar-refractivity contribution in [2.75, 3.05) is 7.05 Å². The second-order valence-electron chi connectivity index (χ2n) is 4.99. The first kappa shape index (κ1) is 11.6. The Balaban J connectivity index is 2.62. The molecule has 0 spiro atoms. The molecule has 0 fully saturated rings. The lowest BCUT2D eigenvalue weighted by Crippen LogP contribution is -2.19. The second kappa shape index (κ2) is 3.84. The largest absolute Gasteiger partial charge is 0.354 e. The Morgan fingerprint density at radius 3 is 2.65 bits per heavy atom. The fourth-order valence-corrected chi connectivity index (χ4v) is 1.59. The van der Waals surface area contributed by atoms with Gasteiger partial charge in [0.2, 0.25) is 0 Å². The van der Waals surface area contributed by atoms with Crippen molar-refractivity contribution in [1.29, 1.82) is 0 Å². The molecule has 5 heteroatoms. The van der Waals surface area contributed by atoms with E-state index in [0.29, 0.717) is 11.2 Å². The Morgan fingerprint density at radius 2 is 2.06 bits per heavy atom. The first-order valence-electron chi connectivity index (χ1n) is 5.51. The molecular formula is C12H16N4O. The smallest absolute Gasteiger partial charge is 0.273 e. The highest BCUT2D eigenvalue weighted by atomic mass is 16.1. The summed E-state index contributed by atoms with van der Waals surface area (Å²) < 4.78 is 0. The van der Waals surface area contributed by atoms with Gasteiger partial charge in [0, 0.05) is 18.2 Å². The van der Waals surface area contributed by atoms with Gasteiger partial charge in [-0.2, -0.15) is 5.10 Å². The van der Waals surface area contributed by atoms with Crippen molar-refractivity contribution in [2.45, 2.75) is 26.2 Å². The van der Waals surface area contributed by atoms with Gasteiger partial charge in [0.25, 0.3) is 5.91 Å². The maximum atomic E-state index is 11.6. The summed E-state index contributed by atoms with van der Waals surface area (Å²) in [5.41, 5.74) is 2.63. The minimum absolute atomic E-state index is 0.0502. The molecule has 0 aliphatic heterocycles. The van der Waals surface area contributed by atoms with E-state index in [0.717, 1.165) is 11.2 Å². The van der Waals surface area contributed by atoms with E-state index in [1.54, 1.807) is 7.05 Å². The van der Waals surface area contributed by atoms with Crippen LogP contribution < -0.4 is 5.32 Å². The molecule has 0 aromatic carbocycles. The molecule has 2 aromatic rings. The van der Waals surface area contributed by atoms with Crippen LogP contribution in [0.3, 0.4) is 0 Å². The zero-order valence-corrected chi connectivity index (χ0v) is 10.5. The van der Waals surface area contributed by atoms with Gasteiger partial charge in [-0.1, -0.05) is 20.8 Å². The van der Waals surface area contributed by atoms with E-state index in [9.17, 15) is 4.79 Å². The summed E-state index contributed by atoms with van der Waals surface area (Å²) >= 11 is 0. The third-order valence-electron chi connectivity index (χ3n) is 2.62. The number of amides is 1. The Hall–Kier alpha value is -1.91. The summed E-state index contributed by atoms with van der Waals surface area (Å²) in [4.78, 5) is 16.1. The molecule has 2 rings (SSSR count). The van der Waals surface area contributed by atoms with Gasteiger partial charge >= 0.3 is 0 Å². The molecule has 0 saturated carbocycles. The Kier molecular flexibility index (Phi) is 2.61. The van der Waals surface area contributed by atoms with E-state index in [-0.39, 0.29) is 11.3 Å². The van der Waals surface area contributed by atoms with Gasteiger partial charge in [0.05, 0.1) is 5.52 Å². The van der Waals surface area contributed by atoms with Crippen molar-refractivity contribution in [3.63, 3.8) is 0 Å². The molecule has 0 bridgehead atoms. The van der Waals surface area contributed by atoms with Crippen LogP contribution in [0.5, 0.6) is 0 Å². The van der Waals surface area contributed by atoms with Gasteiger partial charge in [-0.3, -0.25) is 9.89 Å². The van der Waals surface area contributed by atoms with Crippen LogP contribution in [-0.2, 0) is 5.41 Å². The number of fused-ring (bicyclic) bond motifs is 1. The lowest BCUT2D eigenvalue weighted by Gasteiger charge is -2.17. The molecule has 0 radical (unpaired) electrons. The Morgan fingerprint density at radius 1 is 1.35 bits per heavy atom. The molecule has 0 unspecified atom stereocenters. The maximum absolute atomic E-state index is 11.6. The summed E-state index contributed by atoms with van der Waals surface area (Å²) in [7, 11) is 1.58. The lowest BCUT2D eigenvalue weighted by molar-refractivity contribution is 0.0959. The molecule has 0 saturated heterocycles. The number of nitrogens with one attached hydrogen (secondary N) is 2. The first-order valence-corrected chi connectivity index (χ1v) is 5.51. The van der Waals surface area contributed by atoms with Gasteiger partial charge in [0.1, 0.15) is 5.52 Å². The molecule has 5 nitrogen and oxygen atoms in total. The third kappa shape index (κ3) is 2.00. The van der Waals surface area contributed by atoms with E-state index in [2.05, 4.69) is 41.3 Å². The van der Waals surface area contributed by atoms with Crippen LogP contribution in [-0.4, -0.2) is 28.1 Å². The summed E-state index contributed by atoms with van der Waals surface area (Å²) in [6.07, 6.45) is 0. The highest BCUT2D eigenvalue weighted by Gasteiger charge is 2.19. The van der Waals surface area contributed by atoms with Crippen LogP contribution in [0.2, 0.25) is 0 Å². The van der Waals surface area contributed by atoms with E-state index < -0.39 is 0 Å². The minimum Gasteiger partial charge on any atom is -0.354 e. The number of nitrogens with zero attached hydrogens (tertiary/aromatic N) is 2. The number of rotatable bonds is 1. The summed E-state index contributed by atoms with van der Waals surface area (Å²) in [5.74, 6) is -0.227. The topological polar surface area (TPSA) is 70.7 Å². The molecule has 17 heavy (non-hydrogen) atoms. The summed E-state index contributed by atoms with van der Waals surface area (Å²) in [6.45, 7) is 6.25. The fourth-order valence-electron chi connectivity index (χ4n) is 1.59. The zero-order valence-electron chi connectivity index (χ0n) is 10.5. The van der Waals surface area contributed by atoms with Crippen LogP contribution in [0.1, 0.15) is 37.0 Å². The Labute approximate surface area is 99.6 Å². The molecule has 0 aliphatic carbocycles. The molecule has 2 heterocycles. The number of hydrogen-bond donors (Lipinski definition) is 2. The number of hydrogen-bond acceptors (Lipinski definition) is 3. The molecule has 0 aliphatic rings. The molecule has 2 N–H and O–H groups in total. The second-order valence-corrected chi connectivity index (χ2v) is 4.99. The zero-order chi connectivity index (χ0) is 12.6. The average molecular weight is 232 g/mol. The van der Waals surface area contributed by atoms with Crippen molar-refractivity contribution in [1.82, 2.24) is 20.5 Å². The van der Waals surface area contributed by atoms with Gasteiger partial charge in [-0.25, -0.2) is 4.98 Å². The third-order valence-corrected chi connectivity index (χ3v) is 2.62. The number of aromatic nitrogens is 3. The van der Waals surface area contributed by atoms with Crippen molar-refractivity contribution < 1.29 is 4.79 Å². The number of pyridine rings is 1. The summed E-state index contributed by atoms with van der Waals surface area (Å²) in [6, 6.07) is 3.86. The van der Waals surface area contributed by atoms with Crippen molar-refractivity contribution in [3.8, 4) is 0 Å². The molecule has 90 valence electrons. The quantitative estimate of drug-likeness (QED) is 0.784. The number of carbonyl (C=O) groups excluding carboxylic acids is 1. The van der Waals surface area contributed by atoms with E-state index in [1.165, 1.54) is 0 Å². The fraction of sp³-hybridized carbons (Fsp3) is 0.417. The van der Waals surface area contributed by atoms with Crippen LogP contribution in [0.4, 0.5) is 0 Å². The number of carbonyl (C=O) groups is 1. The van der Waals surface area contributed by atoms with Crippen LogP contribution >= 0.6 is 0 Å². The number of H-pyrrole nitrogens is 1. The van der Waals surface area contributed by atoms with E-state index >= 15 is 0 Å². The molecular weight excluding hydrogens is 216 g/mol. The standard InChI is InChI=1S/C12H16N4O/c1-12(2,3)8-6-5-7-9(14-8)10(16-15-7)11(17)13-4/h5-6H,1-4H3,(H,13,17)(H,15,16). The van der Waals surface area contributed by atoms with Gasteiger partial charge < -0.3 is 5.32 Å². The monoisotopic (exact) mass is 232 g/mol. The molecule has 0 atom stereocenters. The van der Waals surface area contributed by atoms with Crippen LogP contribution in [0.15, 0.2) is 12.1 Å². The predicted octanol–water partition coefficient (Wildman–Crippen LogP) is 1.61. The predicted molar refractivity (Wildman–Crippen MR) is 66.0 cm³/mol. The normalized spacial score (nSPS) is 11.8. The highest BCUT2D eigenvalue weighted by molar-refractivity contribution is 6.02. The summed E-state index contributed by atoms with van der Waals surface area (Å²) in [5, 5.41) is 9.35. The minimum atomic E-state index is -0.227. The molecule has 2 aromatic heterocycles. The SMILES string of the molecule is CNC(=O)c1n[nH]c2ccc(C(C)(C)C)nc12. The van der Waals surface area contributed by atoms with Crippen LogP contribution in [0, 0.1) is 0 Å².